The fourth-order valence-corrected chi connectivity index (χ4v) is 1.77. The molecule has 2 N–H and O–H groups in total. The average molecular weight is 286 g/mol. The standard InChI is InChI=1S/C15H14N2O4/c1-9-8-12(18)13(15(20)21-9)10(2)16-17-14(19)11-6-4-3-5-7-11/h3-8,18H,1-2H3,(H,17,19). The summed E-state index contributed by atoms with van der Waals surface area (Å²) in [5.41, 5.74) is 2.14. The number of carbonyl (C=O) groups is 1. The number of hydrogen-bond acceptors (Lipinski definition) is 5. The van der Waals surface area contributed by atoms with Crippen molar-refractivity contribution in [3.05, 3.63) is 63.7 Å². The monoisotopic (exact) mass is 286 g/mol. The van der Waals surface area contributed by atoms with E-state index >= 15 is 0 Å². The van der Waals surface area contributed by atoms with E-state index in [0.29, 0.717) is 11.3 Å². The zero-order valence-corrected chi connectivity index (χ0v) is 11.6. The van der Waals surface area contributed by atoms with Crippen LogP contribution in [-0.2, 0) is 0 Å². The van der Waals surface area contributed by atoms with E-state index in [1.165, 1.54) is 13.0 Å². The molecule has 0 bridgehead atoms. The number of hydrogen-bond donors (Lipinski definition) is 2. The number of aromatic hydroxyl groups is 1. The lowest BCUT2D eigenvalue weighted by atomic mass is 10.2. The molecule has 0 saturated carbocycles. The van der Waals surface area contributed by atoms with Crippen molar-refractivity contribution in [2.24, 2.45) is 5.10 Å². The molecule has 0 aliphatic carbocycles. The molecule has 108 valence electrons. The molecule has 0 saturated heterocycles. The van der Waals surface area contributed by atoms with Gasteiger partial charge in [0.2, 0.25) is 0 Å². The summed E-state index contributed by atoms with van der Waals surface area (Å²) in [6.07, 6.45) is 0. The van der Waals surface area contributed by atoms with Crippen molar-refractivity contribution in [1.82, 2.24) is 5.43 Å². The van der Waals surface area contributed by atoms with Crippen molar-refractivity contribution in [2.75, 3.05) is 0 Å². The molecule has 0 aliphatic heterocycles. The van der Waals surface area contributed by atoms with Gasteiger partial charge in [0.15, 0.2) is 0 Å². The van der Waals surface area contributed by atoms with Crippen LogP contribution < -0.4 is 11.1 Å². The highest BCUT2D eigenvalue weighted by molar-refractivity contribution is 6.02. The van der Waals surface area contributed by atoms with Crippen LogP contribution in [0.2, 0.25) is 0 Å². The van der Waals surface area contributed by atoms with Crippen LogP contribution in [0.3, 0.4) is 0 Å². The van der Waals surface area contributed by atoms with Gasteiger partial charge in [0.05, 0.1) is 5.71 Å². The maximum atomic E-state index is 11.8. The molecule has 1 amide bonds. The van der Waals surface area contributed by atoms with Crippen molar-refractivity contribution in [3.63, 3.8) is 0 Å². The SMILES string of the molecule is CC(=NNC(=O)c1ccccc1)c1c(O)cc(C)oc1=O. The Morgan fingerprint density at radius 3 is 2.57 bits per heavy atom. The van der Waals surface area contributed by atoms with E-state index < -0.39 is 11.5 Å². The third kappa shape index (κ3) is 3.36. The number of amides is 1. The van der Waals surface area contributed by atoms with Crippen molar-refractivity contribution in [1.29, 1.82) is 0 Å². The Labute approximate surface area is 120 Å². The van der Waals surface area contributed by atoms with E-state index in [9.17, 15) is 14.7 Å². The Morgan fingerprint density at radius 1 is 1.29 bits per heavy atom. The Balaban J connectivity index is 2.23. The zero-order chi connectivity index (χ0) is 15.4. The van der Waals surface area contributed by atoms with Crippen LogP contribution in [0, 0.1) is 6.92 Å². The molecule has 1 aromatic heterocycles. The number of hydrazone groups is 1. The van der Waals surface area contributed by atoms with E-state index in [1.807, 2.05) is 0 Å². The largest absolute Gasteiger partial charge is 0.507 e. The zero-order valence-electron chi connectivity index (χ0n) is 11.6. The molecule has 6 nitrogen and oxygen atoms in total. The van der Waals surface area contributed by atoms with Gasteiger partial charge in [-0.05, 0) is 26.0 Å². The summed E-state index contributed by atoms with van der Waals surface area (Å²) in [5, 5.41) is 13.6. The van der Waals surface area contributed by atoms with E-state index in [4.69, 9.17) is 4.42 Å². The average Bonchev–Trinajstić information content (AvgIpc) is 2.44. The number of benzene rings is 1. The molecular formula is C15H14N2O4. The van der Waals surface area contributed by atoms with Gasteiger partial charge in [0.1, 0.15) is 17.1 Å². The fourth-order valence-electron chi connectivity index (χ4n) is 1.77. The van der Waals surface area contributed by atoms with Crippen LogP contribution in [0.4, 0.5) is 0 Å². The number of nitrogens with one attached hydrogen (secondary N) is 1. The molecule has 0 radical (unpaired) electrons. The first-order chi connectivity index (χ1) is 9.99. The van der Waals surface area contributed by atoms with Crippen LogP contribution in [0.5, 0.6) is 5.75 Å². The van der Waals surface area contributed by atoms with Gasteiger partial charge in [-0.3, -0.25) is 4.79 Å². The van der Waals surface area contributed by atoms with Gasteiger partial charge in [-0.2, -0.15) is 5.10 Å². The third-order valence-electron chi connectivity index (χ3n) is 2.78. The smallest absolute Gasteiger partial charge is 0.348 e. The van der Waals surface area contributed by atoms with E-state index in [-0.39, 0.29) is 17.0 Å². The summed E-state index contributed by atoms with van der Waals surface area (Å²) in [6.45, 7) is 3.04. The molecule has 0 aliphatic rings. The molecule has 0 fully saturated rings. The molecule has 1 aromatic carbocycles. The van der Waals surface area contributed by atoms with E-state index in [2.05, 4.69) is 10.5 Å². The highest BCUT2D eigenvalue weighted by atomic mass is 16.4. The summed E-state index contributed by atoms with van der Waals surface area (Å²) in [6, 6.07) is 9.84. The topological polar surface area (TPSA) is 91.9 Å². The molecule has 6 heteroatoms. The second-order valence-corrected chi connectivity index (χ2v) is 4.41. The summed E-state index contributed by atoms with van der Waals surface area (Å²) < 4.78 is 4.89. The first kappa shape index (κ1) is 14.5. The predicted octanol–water partition coefficient (Wildman–Crippen LogP) is 1.81. The van der Waals surface area contributed by atoms with Crippen LogP contribution in [0.1, 0.15) is 28.6 Å². The molecular weight excluding hydrogens is 272 g/mol. The highest BCUT2D eigenvalue weighted by Gasteiger charge is 2.13. The molecule has 2 rings (SSSR count). The van der Waals surface area contributed by atoms with Gasteiger partial charge in [0, 0.05) is 11.6 Å². The lowest BCUT2D eigenvalue weighted by Crippen LogP contribution is -2.21. The molecule has 0 spiro atoms. The van der Waals surface area contributed by atoms with E-state index in [0.717, 1.165) is 0 Å². The lowest BCUT2D eigenvalue weighted by Gasteiger charge is -2.04. The third-order valence-corrected chi connectivity index (χ3v) is 2.78. The van der Waals surface area contributed by atoms with Crippen molar-refractivity contribution in [2.45, 2.75) is 13.8 Å². The van der Waals surface area contributed by atoms with Crippen molar-refractivity contribution >= 4 is 11.6 Å². The molecule has 21 heavy (non-hydrogen) atoms. The van der Waals surface area contributed by atoms with Gasteiger partial charge in [-0.1, -0.05) is 18.2 Å². The van der Waals surface area contributed by atoms with Gasteiger partial charge in [-0.15, -0.1) is 0 Å². The van der Waals surface area contributed by atoms with Crippen LogP contribution in [-0.4, -0.2) is 16.7 Å². The number of rotatable bonds is 3. The number of nitrogens with zero attached hydrogens (tertiary/aromatic N) is 1. The fraction of sp³-hybridized carbons (Fsp3) is 0.133. The highest BCUT2D eigenvalue weighted by Crippen LogP contribution is 2.15. The second-order valence-electron chi connectivity index (χ2n) is 4.41. The number of aryl methyl sites for hydroxylation is 1. The molecule has 1 heterocycles. The van der Waals surface area contributed by atoms with Gasteiger partial charge >= 0.3 is 5.63 Å². The maximum absolute atomic E-state index is 11.8. The first-order valence-corrected chi connectivity index (χ1v) is 6.23. The summed E-state index contributed by atoms with van der Waals surface area (Å²) in [4.78, 5) is 23.5. The van der Waals surface area contributed by atoms with Gasteiger partial charge in [0.25, 0.3) is 5.91 Å². The summed E-state index contributed by atoms with van der Waals surface area (Å²) in [5.74, 6) is -0.354. The van der Waals surface area contributed by atoms with Crippen molar-refractivity contribution < 1.29 is 14.3 Å². The lowest BCUT2D eigenvalue weighted by molar-refractivity contribution is 0.0955. The van der Waals surface area contributed by atoms with Crippen LogP contribution in [0.15, 0.2) is 50.7 Å². The molecule has 0 atom stereocenters. The Kier molecular flexibility index (Phi) is 4.18. The first-order valence-electron chi connectivity index (χ1n) is 6.23. The quantitative estimate of drug-likeness (QED) is 0.665. The maximum Gasteiger partial charge on any atom is 0.348 e. The minimum absolute atomic E-state index is 0.0750. The second kappa shape index (κ2) is 6.04. The van der Waals surface area contributed by atoms with Gasteiger partial charge < -0.3 is 9.52 Å². The van der Waals surface area contributed by atoms with Crippen LogP contribution >= 0.6 is 0 Å². The van der Waals surface area contributed by atoms with Gasteiger partial charge in [-0.25, -0.2) is 10.2 Å². The van der Waals surface area contributed by atoms with Crippen LogP contribution in [0.25, 0.3) is 0 Å². The summed E-state index contributed by atoms with van der Waals surface area (Å²) >= 11 is 0. The normalized spacial score (nSPS) is 11.2. The molecule has 2 aromatic rings. The minimum atomic E-state index is -0.706. The molecule has 0 unspecified atom stereocenters. The Morgan fingerprint density at radius 2 is 1.95 bits per heavy atom. The Bertz CT molecular complexity index is 748. The summed E-state index contributed by atoms with van der Waals surface area (Å²) in [7, 11) is 0. The Hall–Kier alpha value is -2.89. The minimum Gasteiger partial charge on any atom is -0.507 e. The predicted molar refractivity (Wildman–Crippen MR) is 77.5 cm³/mol. The number of carbonyl (C=O) groups excluding carboxylic acids is 1. The van der Waals surface area contributed by atoms with E-state index in [1.54, 1.807) is 37.3 Å². The van der Waals surface area contributed by atoms with Crippen molar-refractivity contribution in [3.8, 4) is 5.75 Å².